The van der Waals surface area contributed by atoms with E-state index in [1.165, 1.54) is 12.8 Å². The number of rotatable bonds is 8. The van der Waals surface area contributed by atoms with E-state index in [1.807, 2.05) is 13.0 Å². The molecule has 0 saturated heterocycles. The minimum atomic E-state index is 0.185. The Kier molecular flexibility index (Phi) is 6.82. The number of hydrogen-bond acceptors (Lipinski definition) is 3. The monoisotopic (exact) mass is 272 g/mol. The Balaban J connectivity index is 2.43. The van der Waals surface area contributed by atoms with Crippen molar-refractivity contribution >= 4 is 22.9 Å². The second-order valence-corrected chi connectivity index (χ2v) is 5.53. The van der Waals surface area contributed by atoms with Crippen molar-refractivity contribution in [3.8, 4) is 0 Å². The van der Waals surface area contributed by atoms with E-state index in [9.17, 15) is 0 Å². The molecule has 0 aliphatic carbocycles. The molecule has 1 atom stereocenters. The van der Waals surface area contributed by atoms with Crippen molar-refractivity contribution in [2.45, 2.75) is 45.1 Å². The summed E-state index contributed by atoms with van der Waals surface area (Å²) in [5, 5.41) is 2.95. The number of nitrogens with two attached hydrogens (primary N) is 1. The van der Waals surface area contributed by atoms with Crippen LogP contribution < -0.4 is 11.3 Å². The maximum atomic E-state index is 6.25. The maximum absolute atomic E-state index is 6.25. The quantitative estimate of drug-likeness (QED) is 0.320. The smallest absolute Gasteiger partial charge is 0.0590 e. The highest BCUT2D eigenvalue weighted by atomic mass is 35.5. The van der Waals surface area contributed by atoms with Crippen LogP contribution in [-0.4, -0.2) is 0 Å². The fourth-order valence-electron chi connectivity index (χ4n) is 1.79. The van der Waals surface area contributed by atoms with Crippen LogP contribution in [0.4, 0.5) is 0 Å². The van der Waals surface area contributed by atoms with Crippen molar-refractivity contribution in [1.29, 1.82) is 0 Å². The lowest BCUT2D eigenvalue weighted by Gasteiger charge is -2.14. The Morgan fingerprint density at radius 3 is 2.82 bits per heavy atom. The molecule has 0 radical (unpaired) electrons. The second kappa shape index (κ2) is 7.88. The maximum Gasteiger partial charge on any atom is 0.0590 e. The molecule has 4 heteroatoms. The Bertz CT molecular complexity index is 349. The third-order valence-electron chi connectivity index (χ3n) is 2.84. The van der Waals surface area contributed by atoms with Crippen LogP contribution in [0, 0.1) is 6.92 Å². The van der Waals surface area contributed by atoms with Gasteiger partial charge in [-0.25, -0.2) is 0 Å². The Hall–Kier alpha value is -0.350. The van der Waals surface area contributed by atoms with Gasteiger partial charge in [0, 0.05) is 4.88 Å². The van der Waals surface area contributed by atoms with E-state index >= 15 is 0 Å². The first-order chi connectivity index (χ1) is 8.20. The van der Waals surface area contributed by atoms with Crippen LogP contribution >= 0.6 is 22.9 Å². The number of halogens is 1. The number of hydrazine groups is 1. The van der Waals surface area contributed by atoms with Gasteiger partial charge in [0.05, 0.1) is 11.1 Å². The second-order valence-electron chi connectivity index (χ2n) is 4.24. The van der Waals surface area contributed by atoms with E-state index < -0.39 is 0 Å². The predicted molar refractivity (Wildman–Crippen MR) is 77.4 cm³/mol. The first-order valence-electron chi connectivity index (χ1n) is 6.01. The molecule has 0 aromatic carbocycles. The summed E-state index contributed by atoms with van der Waals surface area (Å²) in [6.45, 7) is 5.75. The molecule has 1 heterocycles. The zero-order chi connectivity index (χ0) is 12.7. The number of nitrogens with one attached hydrogen (secondary N) is 1. The Labute approximate surface area is 113 Å². The first kappa shape index (κ1) is 14.7. The topological polar surface area (TPSA) is 38.0 Å². The van der Waals surface area contributed by atoms with Gasteiger partial charge in [-0.2, -0.15) is 0 Å². The van der Waals surface area contributed by atoms with Crippen LogP contribution in [-0.2, 0) is 0 Å². The number of hydrogen-bond donors (Lipinski definition) is 2. The van der Waals surface area contributed by atoms with E-state index in [4.69, 9.17) is 17.4 Å². The van der Waals surface area contributed by atoms with Crippen molar-refractivity contribution in [2.75, 3.05) is 0 Å². The van der Waals surface area contributed by atoms with Crippen LogP contribution in [0.15, 0.2) is 18.0 Å². The summed E-state index contributed by atoms with van der Waals surface area (Å²) in [4.78, 5) is 1.16. The van der Waals surface area contributed by atoms with Crippen molar-refractivity contribution in [3.63, 3.8) is 0 Å². The summed E-state index contributed by atoms with van der Waals surface area (Å²) in [6, 6.07) is 0.185. The van der Waals surface area contributed by atoms with Crippen LogP contribution in [0.1, 0.15) is 48.6 Å². The van der Waals surface area contributed by atoms with E-state index in [1.54, 1.807) is 11.3 Å². The van der Waals surface area contributed by atoms with Gasteiger partial charge in [-0.15, -0.1) is 17.9 Å². The lowest BCUT2D eigenvalue weighted by molar-refractivity contribution is 0.490. The van der Waals surface area contributed by atoms with Gasteiger partial charge in [-0.3, -0.25) is 11.3 Å². The van der Waals surface area contributed by atoms with Crippen LogP contribution in [0.25, 0.3) is 0 Å². The average molecular weight is 273 g/mol. The fraction of sp³-hybridized carbons (Fsp3) is 0.538. The van der Waals surface area contributed by atoms with E-state index in [2.05, 4.69) is 17.4 Å². The minimum Gasteiger partial charge on any atom is -0.271 e. The third kappa shape index (κ3) is 4.43. The molecule has 0 aliphatic rings. The lowest BCUT2D eigenvalue weighted by atomic mass is 10.1. The summed E-state index contributed by atoms with van der Waals surface area (Å²) in [5.41, 5.74) is 4.01. The molecule has 0 fully saturated rings. The number of thiophene rings is 1. The number of allylic oxidation sites excluding steroid dienone is 1. The standard InChI is InChI=1S/C13H21ClN2S/c1-3-4-5-6-7-8-11(16-15)13-12(14)10(2)9-17-13/h3,9,11,16H,1,4-8,15H2,2H3. The van der Waals surface area contributed by atoms with Gasteiger partial charge in [-0.05, 0) is 37.1 Å². The van der Waals surface area contributed by atoms with Gasteiger partial charge < -0.3 is 0 Å². The van der Waals surface area contributed by atoms with Gasteiger partial charge in [0.2, 0.25) is 0 Å². The van der Waals surface area contributed by atoms with E-state index in [0.717, 1.165) is 34.7 Å². The minimum absolute atomic E-state index is 0.185. The molecule has 1 aromatic rings. The molecule has 0 bridgehead atoms. The molecular weight excluding hydrogens is 252 g/mol. The zero-order valence-corrected chi connectivity index (χ0v) is 11.9. The van der Waals surface area contributed by atoms with Crippen molar-refractivity contribution in [1.82, 2.24) is 5.43 Å². The Morgan fingerprint density at radius 1 is 1.53 bits per heavy atom. The van der Waals surface area contributed by atoms with Gasteiger partial charge in [0.25, 0.3) is 0 Å². The average Bonchev–Trinajstić information content (AvgIpc) is 2.66. The lowest BCUT2D eigenvalue weighted by Crippen LogP contribution is -2.27. The van der Waals surface area contributed by atoms with Crippen molar-refractivity contribution < 1.29 is 0 Å². The predicted octanol–water partition coefficient (Wildman–Crippen LogP) is 4.35. The summed E-state index contributed by atoms with van der Waals surface area (Å²) in [7, 11) is 0. The molecule has 0 aliphatic heterocycles. The normalized spacial score (nSPS) is 12.6. The SMILES string of the molecule is C=CCCCCCC(NN)c1scc(C)c1Cl. The molecule has 1 rings (SSSR count). The zero-order valence-electron chi connectivity index (χ0n) is 10.3. The summed E-state index contributed by atoms with van der Waals surface area (Å²) in [5.74, 6) is 5.61. The molecule has 0 spiro atoms. The molecule has 3 N–H and O–H groups in total. The molecule has 0 saturated carbocycles. The molecule has 2 nitrogen and oxygen atoms in total. The first-order valence-corrected chi connectivity index (χ1v) is 7.27. The van der Waals surface area contributed by atoms with Crippen LogP contribution in [0.3, 0.4) is 0 Å². The fourth-order valence-corrected chi connectivity index (χ4v) is 3.21. The molecular formula is C13H21ClN2S. The summed E-state index contributed by atoms with van der Waals surface area (Å²) in [6.07, 6.45) is 7.69. The molecule has 1 aromatic heterocycles. The van der Waals surface area contributed by atoms with Gasteiger partial charge in [-0.1, -0.05) is 30.5 Å². The van der Waals surface area contributed by atoms with E-state index in [0.29, 0.717) is 0 Å². The van der Waals surface area contributed by atoms with Gasteiger partial charge in [0.1, 0.15) is 0 Å². The third-order valence-corrected chi connectivity index (χ3v) is 4.67. The van der Waals surface area contributed by atoms with Gasteiger partial charge >= 0.3 is 0 Å². The highest BCUT2D eigenvalue weighted by molar-refractivity contribution is 7.10. The van der Waals surface area contributed by atoms with Crippen LogP contribution in [0.5, 0.6) is 0 Å². The Morgan fingerprint density at radius 2 is 2.29 bits per heavy atom. The van der Waals surface area contributed by atoms with Crippen molar-refractivity contribution in [2.24, 2.45) is 5.84 Å². The molecule has 0 amide bonds. The van der Waals surface area contributed by atoms with Crippen molar-refractivity contribution in [3.05, 3.63) is 33.5 Å². The molecule has 17 heavy (non-hydrogen) atoms. The van der Waals surface area contributed by atoms with Crippen LogP contribution in [0.2, 0.25) is 5.02 Å². The summed E-state index contributed by atoms with van der Waals surface area (Å²) >= 11 is 7.93. The largest absolute Gasteiger partial charge is 0.271 e. The highest BCUT2D eigenvalue weighted by Gasteiger charge is 2.16. The molecule has 1 unspecified atom stereocenters. The van der Waals surface area contributed by atoms with E-state index in [-0.39, 0.29) is 6.04 Å². The summed E-state index contributed by atoms with van der Waals surface area (Å²) < 4.78 is 0. The highest BCUT2D eigenvalue weighted by Crippen LogP contribution is 2.34. The molecule has 96 valence electrons. The number of unbranched alkanes of at least 4 members (excludes halogenated alkanes) is 3. The number of aryl methyl sites for hydroxylation is 1. The van der Waals surface area contributed by atoms with Gasteiger partial charge in [0.15, 0.2) is 0 Å².